The molecule has 1 fully saturated rings. The van der Waals surface area contributed by atoms with E-state index in [0.29, 0.717) is 11.5 Å². The van der Waals surface area contributed by atoms with Crippen LogP contribution in [-0.2, 0) is 19.0 Å². The van der Waals surface area contributed by atoms with Gasteiger partial charge in [-0.05, 0) is 24.5 Å². The number of pyridine rings is 1. The molecule has 2 aromatic rings. The number of rotatable bonds is 9. The van der Waals surface area contributed by atoms with Crippen molar-refractivity contribution in [2.45, 2.75) is 37.1 Å². The van der Waals surface area contributed by atoms with Crippen molar-refractivity contribution < 1.29 is 32.2 Å². The summed E-state index contributed by atoms with van der Waals surface area (Å²) in [7, 11) is 3.98. The third-order valence-electron chi connectivity index (χ3n) is 4.83. The largest absolute Gasteiger partial charge is 0.468 e. The number of halogens is 3. The SMILES string of the molecule is COC(=O)C(c1ccc(C2CC2)nc1)c1nc(NCC(F)(F)F)ncc1C(OC)OC. The third kappa shape index (κ3) is 5.67. The number of anilines is 1. The number of ether oxygens (including phenoxy) is 3. The van der Waals surface area contributed by atoms with Crippen LogP contribution < -0.4 is 5.32 Å². The molecule has 1 atom stereocenters. The van der Waals surface area contributed by atoms with Crippen LogP contribution in [0.25, 0.3) is 0 Å². The summed E-state index contributed by atoms with van der Waals surface area (Å²) >= 11 is 0. The lowest BCUT2D eigenvalue weighted by atomic mass is 9.93. The number of aromatic nitrogens is 3. The van der Waals surface area contributed by atoms with Crippen molar-refractivity contribution in [3.05, 3.63) is 47.0 Å². The number of nitrogens with zero attached hydrogens (tertiary/aromatic N) is 3. The highest BCUT2D eigenvalue weighted by Gasteiger charge is 2.33. The molecule has 0 spiro atoms. The minimum atomic E-state index is -4.46. The molecule has 0 radical (unpaired) electrons. The van der Waals surface area contributed by atoms with Gasteiger partial charge in [-0.3, -0.25) is 9.78 Å². The van der Waals surface area contributed by atoms with Crippen LogP contribution in [-0.4, -0.2) is 55.0 Å². The van der Waals surface area contributed by atoms with Crippen LogP contribution in [0.3, 0.4) is 0 Å². The van der Waals surface area contributed by atoms with Gasteiger partial charge in [0, 0.05) is 43.8 Å². The van der Waals surface area contributed by atoms with Gasteiger partial charge in [0.2, 0.25) is 5.95 Å². The van der Waals surface area contributed by atoms with Crippen molar-refractivity contribution in [2.24, 2.45) is 0 Å². The molecule has 1 aliphatic rings. The molecule has 1 aliphatic carbocycles. The highest BCUT2D eigenvalue weighted by molar-refractivity contribution is 5.82. The average molecular weight is 440 g/mol. The lowest BCUT2D eigenvalue weighted by molar-refractivity contribution is -0.141. The zero-order valence-corrected chi connectivity index (χ0v) is 17.3. The van der Waals surface area contributed by atoms with Gasteiger partial charge >= 0.3 is 12.1 Å². The second kappa shape index (κ2) is 9.56. The van der Waals surface area contributed by atoms with Gasteiger partial charge in [0.05, 0.1) is 12.8 Å². The van der Waals surface area contributed by atoms with Gasteiger partial charge in [-0.2, -0.15) is 13.2 Å². The van der Waals surface area contributed by atoms with Crippen LogP contribution >= 0.6 is 0 Å². The molecule has 0 aromatic carbocycles. The molecule has 1 saturated carbocycles. The molecule has 0 saturated heterocycles. The number of nitrogens with one attached hydrogen (secondary N) is 1. The minimum Gasteiger partial charge on any atom is -0.468 e. The third-order valence-corrected chi connectivity index (χ3v) is 4.83. The maximum absolute atomic E-state index is 12.7. The van der Waals surface area contributed by atoms with Gasteiger partial charge in [-0.15, -0.1) is 0 Å². The van der Waals surface area contributed by atoms with E-state index in [4.69, 9.17) is 14.2 Å². The van der Waals surface area contributed by atoms with Crippen LogP contribution in [0, 0.1) is 0 Å². The first-order valence-corrected chi connectivity index (χ1v) is 9.54. The molecule has 8 nitrogen and oxygen atoms in total. The second-order valence-electron chi connectivity index (χ2n) is 7.05. The number of esters is 1. The molecule has 3 rings (SSSR count). The first-order chi connectivity index (χ1) is 14.8. The van der Waals surface area contributed by atoms with Gasteiger partial charge in [-0.1, -0.05) is 6.07 Å². The molecule has 31 heavy (non-hydrogen) atoms. The molecule has 0 aliphatic heterocycles. The zero-order chi connectivity index (χ0) is 22.6. The average Bonchev–Trinajstić information content (AvgIpc) is 3.59. The van der Waals surface area contributed by atoms with E-state index in [1.807, 2.05) is 6.07 Å². The summed E-state index contributed by atoms with van der Waals surface area (Å²) in [5.41, 5.74) is 1.78. The molecule has 1 N–H and O–H groups in total. The Bertz CT molecular complexity index is 900. The van der Waals surface area contributed by atoms with Crippen molar-refractivity contribution in [3.8, 4) is 0 Å². The second-order valence-corrected chi connectivity index (χ2v) is 7.05. The van der Waals surface area contributed by atoms with E-state index in [2.05, 4.69) is 20.3 Å². The fourth-order valence-corrected chi connectivity index (χ4v) is 3.16. The highest BCUT2D eigenvalue weighted by Crippen LogP contribution is 2.39. The number of hydrogen-bond acceptors (Lipinski definition) is 8. The Morgan fingerprint density at radius 3 is 2.39 bits per heavy atom. The number of carbonyl (C=O) groups excluding carboxylic acids is 1. The van der Waals surface area contributed by atoms with Crippen LogP contribution in [0.2, 0.25) is 0 Å². The Labute approximate surface area is 177 Å². The molecular formula is C20H23F3N4O4. The van der Waals surface area contributed by atoms with Gasteiger partial charge in [0.1, 0.15) is 12.5 Å². The van der Waals surface area contributed by atoms with E-state index >= 15 is 0 Å². The minimum absolute atomic E-state index is 0.0983. The van der Waals surface area contributed by atoms with Gasteiger partial charge in [0.25, 0.3) is 0 Å². The normalized spacial score (nSPS) is 15.1. The summed E-state index contributed by atoms with van der Waals surface area (Å²) in [6.45, 7) is -1.33. The van der Waals surface area contributed by atoms with E-state index in [-0.39, 0.29) is 17.2 Å². The molecule has 168 valence electrons. The summed E-state index contributed by atoms with van der Waals surface area (Å²) in [5, 5.41) is 2.13. The van der Waals surface area contributed by atoms with Crippen molar-refractivity contribution >= 4 is 11.9 Å². The molecule has 11 heteroatoms. The Kier molecular flexibility index (Phi) is 7.06. The molecule has 0 amide bonds. The van der Waals surface area contributed by atoms with Crippen molar-refractivity contribution in [1.29, 1.82) is 0 Å². The van der Waals surface area contributed by atoms with Crippen LogP contribution in [0.5, 0.6) is 0 Å². The quantitative estimate of drug-likeness (QED) is 0.469. The predicted octanol–water partition coefficient (Wildman–Crippen LogP) is 3.32. The maximum atomic E-state index is 12.7. The molecule has 2 heterocycles. The lowest BCUT2D eigenvalue weighted by Crippen LogP contribution is -2.25. The Balaban J connectivity index is 2.05. The predicted molar refractivity (Wildman–Crippen MR) is 103 cm³/mol. The van der Waals surface area contributed by atoms with E-state index in [9.17, 15) is 18.0 Å². The topological polar surface area (TPSA) is 95.5 Å². The molecule has 1 unspecified atom stereocenters. The number of carbonyl (C=O) groups is 1. The zero-order valence-electron chi connectivity index (χ0n) is 17.3. The Morgan fingerprint density at radius 1 is 1.16 bits per heavy atom. The fraction of sp³-hybridized carbons (Fsp3) is 0.500. The Hall–Kier alpha value is -2.79. The number of alkyl halides is 3. The molecule has 0 bridgehead atoms. The van der Waals surface area contributed by atoms with Crippen molar-refractivity contribution in [3.63, 3.8) is 0 Å². The molecule has 2 aromatic heterocycles. The van der Waals surface area contributed by atoms with Gasteiger partial charge < -0.3 is 19.5 Å². The number of hydrogen-bond donors (Lipinski definition) is 1. The highest BCUT2D eigenvalue weighted by atomic mass is 19.4. The standard InChI is InChI=1S/C20H23F3N4O4/c1-29-17(28)15(12-6-7-14(24-8-12)11-4-5-11)16-13(18(30-2)31-3)9-25-19(27-16)26-10-20(21,22)23/h6-9,11,15,18H,4-5,10H2,1-3H3,(H,25,26,27). The van der Waals surface area contributed by atoms with Crippen LogP contribution in [0.4, 0.5) is 19.1 Å². The first kappa shape index (κ1) is 22.9. The fourth-order valence-electron chi connectivity index (χ4n) is 3.16. The van der Waals surface area contributed by atoms with E-state index in [0.717, 1.165) is 18.5 Å². The summed E-state index contributed by atoms with van der Waals surface area (Å²) in [4.78, 5) is 25.3. The summed E-state index contributed by atoms with van der Waals surface area (Å²) < 4.78 is 53.4. The lowest BCUT2D eigenvalue weighted by Gasteiger charge is -2.22. The van der Waals surface area contributed by atoms with Crippen LogP contribution in [0.15, 0.2) is 24.5 Å². The van der Waals surface area contributed by atoms with E-state index < -0.39 is 30.9 Å². The summed E-state index contributed by atoms with van der Waals surface area (Å²) in [5.74, 6) is -1.60. The van der Waals surface area contributed by atoms with Gasteiger partial charge in [0.15, 0.2) is 6.29 Å². The summed E-state index contributed by atoms with van der Waals surface area (Å²) in [6.07, 6.45) is -0.453. The first-order valence-electron chi connectivity index (χ1n) is 9.54. The smallest absolute Gasteiger partial charge is 0.405 e. The maximum Gasteiger partial charge on any atom is 0.405 e. The number of methoxy groups -OCH3 is 3. The van der Waals surface area contributed by atoms with Crippen molar-refractivity contribution in [2.75, 3.05) is 33.2 Å². The van der Waals surface area contributed by atoms with Crippen LogP contribution in [0.1, 0.15) is 53.5 Å². The van der Waals surface area contributed by atoms with E-state index in [1.54, 1.807) is 12.3 Å². The molecular weight excluding hydrogens is 417 g/mol. The van der Waals surface area contributed by atoms with Gasteiger partial charge in [-0.25, -0.2) is 9.97 Å². The van der Waals surface area contributed by atoms with E-state index in [1.165, 1.54) is 27.5 Å². The van der Waals surface area contributed by atoms with Crippen molar-refractivity contribution in [1.82, 2.24) is 15.0 Å². The summed E-state index contributed by atoms with van der Waals surface area (Å²) in [6, 6.07) is 3.57. The monoisotopic (exact) mass is 440 g/mol. The Morgan fingerprint density at radius 2 is 1.87 bits per heavy atom.